The molecule has 3 heterocycles. The second-order valence-corrected chi connectivity index (χ2v) is 9.02. The van der Waals surface area contributed by atoms with Crippen LogP contribution in [-0.4, -0.2) is 34.1 Å². The lowest BCUT2D eigenvalue weighted by molar-refractivity contribution is 0.00578. The summed E-state index contributed by atoms with van der Waals surface area (Å²) in [5.41, 5.74) is 1.96. The first-order valence-corrected chi connectivity index (χ1v) is 9.91. The molecule has 5 nitrogen and oxygen atoms in total. The molecule has 2 aromatic rings. The van der Waals surface area contributed by atoms with Crippen LogP contribution >= 0.6 is 23.2 Å². The number of benzene rings is 1. The molecule has 4 rings (SSSR count). The van der Waals surface area contributed by atoms with Crippen molar-refractivity contribution in [3.8, 4) is 0 Å². The number of carbonyl (C=O) groups is 1. The van der Waals surface area contributed by atoms with Crippen LogP contribution in [0.4, 0.5) is 0 Å². The fourth-order valence-electron chi connectivity index (χ4n) is 3.39. The molecular weight excluding hydrogens is 398 g/mol. The molecule has 8 heteroatoms. The maximum Gasteiger partial charge on any atom is 0.494 e. The lowest BCUT2D eigenvalue weighted by Crippen LogP contribution is -2.41. The van der Waals surface area contributed by atoms with E-state index in [4.69, 9.17) is 32.5 Å². The smallest absolute Gasteiger partial charge is 0.399 e. The summed E-state index contributed by atoms with van der Waals surface area (Å²) in [4.78, 5) is 18.6. The Morgan fingerprint density at radius 2 is 1.75 bits per heavy atom. The number of hydrogen-bond donors (Lipinski definition) is 0. The van der Waals surface area contributed by atoms with E-state index in [9.17, 15) is 4.79 Å². The zero-order valence-electron chi connectivity index (χ0n) is 16.3. The predicted octanol–water partition coefficient (Wildman–Crippen LogP) is 3.84. The van der Waals surface area contributed by atoms with Crippen molar-refractivity contribution < 1.29 is 14.1 Å². The van der Waals surface area contributed by atoms with Crippen molar-refractivity contribution in [1.82, 2.24) is 9.88 Å². The second-order valence-electron chi connectivity index (χ2n) is 8.21. The average molecular weight is 419 g/mol. The zero-order chi connectivity index (χ0) is 20.3. The Bertz CT molecular complexity index is 925. The highest BCUT2D eigenvalue weighted by Crippen LogP contribution is 2.37. The Morgan fingerprint density at radius 3 is 2.32 bits per heavy atom. The summed E-state index contributed by atoms with van der Waals surface area (Å²) in [5.74, 6) is -0.0646. The lowest BCUT2D eigenvalue weighted by atomic mass is 9.79. The quantitative estimate of drug-likeness (QED) is 0.710. The van der Waals surface area contributed by atoms with E-state index in [1.165, 1.54) is 0 Å². The van der Waals surface area contributed by atoms with Gasteiger partial charge in [0.2, 0.25) is 0 Å². The highest BCUT2D eigenvalue weighted by Gasteiger charge is 2.51. The number of carbonyl (C=O) groups excluding carboxylic acids is 1. The molecule has 1 aromatic carbocycles. The monoisotopic (exact) mass is 418 g/mol. The highest BCUT2D eigenvalue weighted by atomic mass is 35.5. The summed E-state index contributed by atoms with van der Waals surface area (Å²) < 4.78 is 12.2. The minimum absolute atomic E-state index is 0.0646. The van der Waals surface area contributed by atoms with Crippen molar-refractivity contribution in [2.75, 3.05) is 0 Å². The summed E-state index contributed by atoms with van der Waals surface area (Å²) >= 11 is 13.1. The van der Waals surface area contributed by atoms with Crippen LogP contribution in [0.3, 0.4) is 0 Å². The number of pyridine rings is 1. The van der Waals surface area contributed by atoms with Gasteiger partial charge in [-0.1, -0.05) is 23.2 Å². The van der Waals surface area contributed by atoms with Gasteiger partial charge in [-0.3, -0.25) is 9.78 Å². The van der Waals surface area contributed by atoms with Gasteiger partial charge in [0.25, 0.3) is 5.91 Å². The number of hydrogen-bond acceptors (Lipinski definition) is 4. The molecule has 146 valence electrons. The average Bonchev–Trinajstić information content (AvgIpc) is 3.04. The Hall–Kier alpha value is -1.60. The van der Waals surface area contributed by atoms with Crippen LogP contribution in [0, 0.1) is 0 Å². The molecule has 0 radical (unpaired) electrons. The van der Waals surface area contributed by atoms with E-state index in [2.05, 4.69) is 4.98 Å². The molecule has 2 aliphatic heterocycles. The van der Waals surface area contributed by atoms with Crippen LogP contribution in [0.15, 0.2) is 30.5 Å². The zero-order valence-corrected chi connectivity index (χ0v) is 17.8. The normalized spacial score (nSPS) is 20.0. The third-order valence-electron chi connectivity index (χ3n) is 5.79. The van der Waals surface area contributed by atoms with Gasteiger partial charge in [-0.05, 0) is 57.4 Å². The summed E-state index contributed by atoms with van der Waals surface area (Å²) in [6.45, 7) is 8.74. The Balaban J connectivity index is 1.57. The topological polar surface area (TPSA) is 51.7 Å². The first-order chi connectivity index (χ1) is 13.1. The molecule has 1 fully saturated rings. The van der Waals surface area contributed by atoms with E-state index >= 15 is 0 Å². The SMILES string of the molecule is CC1(C)OB(c2cc(Cl)c(CN3Cc4ncccc4C3=O)c(Cl)c2)OC1(C)C. The van der Waals surface area contributed by atoms with Crippen molar-refractivity contribution in [1.29, 1.82) is 0 Å². The summed E-state index contributed by atoms with van der Waals surface area (Å²) in [6, 6.07) is 7.16. The third-order valence-corrected chi connectivity index (χ3v) is 6.46. The van der Waals surface area contributed by atoms with Crippen LogP contribution in [0.1, 0.15) is 49.3 Å². The van der Waals surface area contributed by atoms with Gasteiger partial charge in [-0.25, -0.2) is 0 Å². The van der Waals surface area contributed by atoms with E-state index < -0.39 is 18.3 Å². The molecule has 0 atom stereocenters. The van der Waals surface area contributed by atoms with Crippen molar-refractivity contribution in [3.05, 3.63) is 57.3 Å². The first-order valence-electron chi connectivity index (χ1n) is 9.16. The Kier molecular flexibility index (Phi) is 4.74. The highest BCUT2D eigenvalue weighted by molar-refractivity contribution is 6.63. The molecule has 2 aliphatic rings. The Morgan fingerprint density at radius 1 is 1.14 bits per heavy atom. The standard InChI is InChI=1S/C20H21BCl2N2O3/c1-19(2)20(3,4)28-21(27-19)12-8-15(22)14(16(23)9-12)10-25-11-17-13(18(25)26)6-5-7-24-17/h5-9H,10-11H2,1-4H3. The van der Waals surface area contributed by atoms with E-state index in [-0.39, 0.29) is 5.91 Å². The fourth-order valence-corrected chi connectivity index (χ4v) is 4.01. The minimum atomic E-state index is -0.545. The van der Waals surface area contributed by atoms with Gasteiger partial charge in [0.05, 0.1) is 29.0 Å². The van der Waals surface area contributed by atoms with Gasteiger partial charge in [0.1, 0.15) is 0 Å². The second kappa shape index (κ2) is 6.73. The number of fused-ring (bicyclic) bond motifs is 1. The predicted molar refractivity (Wildman–Crippen MR) is 110 cm³/mol. The first kappa shape index (κ1) is 19.7. The molecule has 0 unspecified atom stereocenters. The van der Waals surface area contributed by atoms with E-state index in [0.29, 0.717) is 34.3 Å². The van der Waals surface area contributed by atoms with E-state index in [1.807, 2.05) is 27.7 Å². The van der Waals surface area contributed by atoms with Crippen LogP contribution in [0.25, 0.3) is 0 Å². The number of rotatable bonds is 3. The number of amides is 1. The van der Waals surface area contributed by atoms with Crippen molar-refractivity contribution in [2.24, 2.45) is 0 Å². The van der Waals surface area contributed by atoms with Crippen LogP contribution in [0.2, 0.25) is 10.0 Å². The van der Waals surface area contributed by atoms with Crippen LogP contribution < -0.4 is 5.46 Å². The van der Waals surface area contributed by atoms with E-state index in [0.717, 1.165) is 11.2 Å². The van der Waals surface area contributed by atoms with E-state index in [1.54, 1.807) is 35.4 Å². The van der Waals surface area contributed by atoms with Crippen molar-refractivity contribution >= 4 is 41.7 Å². The molecule has 0 bridgehead atoms. The fraction of sp³-hybridized carbons (Fsp3) is 0.400. The van der Waals surface area contributed by atoms with Gasteiger partial charge in [-0.15, -0.1) is 0 Å². The lowest BCUT2D eigenvalue weighted by Gasteiger charge is -2.32. The largest absolute Gasteiger partial charge is 0.494 e. The number of halogens is 2. The molecule has 0 spiro atoms. The minimum Gasteiger partial charge on any atom is -0.399 e. The van der Waals surface area contributed by atoms with Gasteiger partial charge in [-0.2, -0.15) is 0 Å². The molecular formula is C20H21BCl2N2O3. The maximum atomic E-state index is 12.6. The molecule has 1 saturated heterocycles. The number of aromatic nitrogens is 1. The number of nitrogens with zero attached hydrogens (tertiary/aromatic N) is 2. The van der Waals surface area contributed by atoms with Gasteiger partial charge >= 0.3 is 7.12 Å². The maximum absolute atomic E-state index is 12.6. The van der Waals surface area contributed by atoms with Gasteiger partial charge < -0.3 is 14.2 Å². The van der Waals surface area contributed by atoms with Crippen LogP contribution in [0.5, 0.6) is 0 Å². The molecule has 0 saturated carbocycles. The summed E-state index contributed by atoms with van der Waals surface area (Å²) in [6.07, 6.45) is 1.69. The van der Waals surface area contributed by atoms with Crippen LogP contribution in [-0.2, 0) is 22.4 Å². The van der Waals surface area contributed by atoms with Gasteiger partial charge in [0, 0.05) is 28.4 Å². The molecule has 1 aromatic heterocycles. The molecule has 1 amide bonds. The Labute approximate surface area is 175 Å². The summed E-state index contributed by atoms with van der Waals surface area (Å²) in [7, 11) is -0.545. The summed E-state index contributed by atoms with van der Waals surface area (Å²) in [5, 5.41) is 0.961. The molecule has 28 heavy (non-hydrogen) atoms. The molecule has 0 N–H and O–H groups in total. The van der Waals surface area contributed by atoms with Crippen molar-refractivity contribution in [2.45, 2.75) is 52.0 Å². The third kappa shape index (κ3) is 3.22. The van der Waals surface area contributed by atoms with Gasteiger partial charge in [0.15, 0.2) is 0 Å². The molecule has 0 aliphatic carbocycles. The van der Waals surface area contributed by atoms with Crippen molar-refractivity contribution in [3.63, 3.8) is 0 Å².